The van der Waals surface area contributed by atoms with Crippen LogP contribution in [0.3, 0.4) is 0 Å². The number of hydrogen-bond donors (Lipinski definition) is 1. The van der Waals surface area contributed by atoms with Gasteiger partial charge in [0.05, 0.1) is 25.4 Å². The van der Waals surface area contributed by atoms with Crippen molar-refractivity contribution in [2.24, 2.45) is 0 Å². The number of carbonyl (C=O) groups is 1. The molecule has 1 N–H and O–H groups in total. The number of thiophene rings is 1. The van der Waals surface area contributed by atoms with Gasteiger partial charge in [-0.3, -0.25) is 4.90 Å². The summed E-state index contributed by atoms with van der Waals surface area (Å²) < 4.78 is 12.3. The second kappa shape index (κ2) is 5.87. The highest BCUT2D eigenvalue weighted by Gasteiger charge is 2.43. The van der Waals surface area contributed by atoms with Gasteiger partial charge >= 0.3 is 5.97 Å². The van der Waals surface area contributed by atoms with E-state index in [4.69, 9.17) is 9.47 Å². The first-order chi connectivity index (χ1) is 11.2. The molecular formula is C17H19NO4S. The number of fused-ring (bicyclic) bond motifs is 1. The predicted octanol–water partition coefficient (Wildman–Crippen LogP) is 2.59. The Morgan fingerprint density at radius 2 is 2.04 bits per heavy atom. The Kier molecular flexibility index (Phi) is 3.85. The van der Waals surface area contributed by atoms with Gasteiger partial charge in [-0.25, -0.2) is 4.79 Å². The molecule has 0 saturated carbocycles. The van der Waals surface area contributed by atoms with E-state index < -0.39 is 5.97 Å². The number of hydrogen-bond acceptors (Lipinski definition) is 5. The summed E-state index contributed by atoms with van der Waals surface area (Å²) in [6.07, 6.45) is 0.942. The molecule has 2 aromatic rings. The molecule has 2 aliphatic heterocycles. The van der Waals surface area contributed by atoms with Gasteiger partial charge in [-0.15, -0.1) is 11.3 Å². The van der Waals surface area contributed by atoms with Gasteiger partial charge in [-0.2, -0.15) is 0 Å². The smallest absolute Gasteiger partial charge is 0.346 e. The number of nitrogens with zero attached hydrogens (tertiary/aromatic N) is 1. The Bertz CT molecular complexity index is 735. The third-order valence-electron chi connectivity index (χ3n) is 4.87. The molecule has 5 nitrogen and oxygen atoms in total. The Balaban J connectivity index is 1.74. The molecule has 0 unspecified atom stereocenters. The second-order valence-electron chi connectivity index (χ2n) is 6.21. The van der Waals surface area contributed by atoms with Crippen molar-refractivity contribution >= 4 is 27.4 Å². The molecule has 1 atom stereocenters. The topological polar surface area (TPSA) is 59.0 Å². The monoisotopic (exact) mass is 333 g/mol. The van der Waals surface area contributed by atoms with Crippen LogP contribution in [-0.2, 0) is 16.0 Å². The quantitative estimate of drug-likeness (QED) is 0.935. The van der Waals surface area contributed by atoms with Crippen LogP contribution >= 0.6 is 11.3 Å². The van der Waals surface area contributed by atoms with Gasteiger partial charge in [0.2, 0.25) is 0 Å². The molecule has 3 heterocycles. The van der Waals surface area contributed by atoms with E-state index >= 15 is 0 Å². The zero-order valence-corrected chi connectivity index (χ0v) is 13.6. The fourth-order valence-corrected chi connectivity index (χ4v) is 4.64. The molecule has 2 aliphatic rings. The van der Waals surface area contributed by atoms with Gasteiger partial charge in [-0.05, 0) is 23.4 Å². The van der Waals surface area contributed by atoms with Crippen molar-refractivity contribution in [2.75, 3.05) is 33.0 Å². The number of carboxylic acids is 1. The van der Waals surface area contributed by atoms with Gasteiger partial charge in [-0.1, -0.05) is 18.2 Å². The summed E-state index contributed by atoms with van der Waals surface area (Å²) in [5.74, 6) is -0.841. The van der Waals surface area contributed by atoms with E-state index in [2.05, 4.69) is 4.90 Å². The van der Waals surface area contributed by atoms with E-state index in [0.717, 1.165) is 35.2 Å². The van der Waals surface area contributed by atoms with Crippen LogP contribution in [-0.4, -0.2) is 54.5 Å². The molecule has 1 aromatic heterocycles. The van der Waals surface area contributed by atoms with Gasteiger partial charge in [0.15, 0.2) is 0 Å². The van der Waals surface area contributed by atoms with Crippen molar-refractivity contribution in [1.82, 2.24) is 4.90 Å². The largest absolute Gasteiger partial charge is 0.477 e. The molecule has 0 aliphatic carbocycles. The van der Waals surface area contributed by atoms with Gasteiger partial charge in [0.1, 0.15) is 4.88 Å². The van der Waals surface area contributed by atoms with Crippen LogP contribution in [0.5, 0.6) is 0 Å². The summed E-state index contributed by atoms with van der Waals surface area (Å²) in [6, 6.07) is 7.93. The first-order valence-electron chi connectivity index (χ1n) is 7.84. The fourth-order valence-electron chi connectivity index (χ4n) is 3.59. The van der Waals surface area contributed by atoms with Gasteiger partial charge < -0.3 is 14.6 Å². The average molecular weight is 333 g/mol. The van der Waals surface area contributed by atoms with E-state index in [1.807, 2.05) is 24.3 Å². The number of carboxylic acid groups (broad SMARTS) is 1. The maximum absolute atomic E-state index is 11.7. The van der Waals surface area contributed by atoms with Crippen LogP contribution in [0.1, 0.15) is 21.7 Å². The Labute approximate surface area is 138 Å². The van der Waals surface area contributed by atoms with E-state index in [-0.39, 0.29) is 5.54 Å². The van der Waals surface area contributed by atoms with Crippen LogP contribution in [0.15, 0.2) is 24.3 Å². The first-order valence-corrected chi connectivity index (χ1v) is 8.65. The summed E-state index contributed by atoms with van der Waals surface area (Å²) in [5.41, 5.74) is 0.822. The highest BCUT2D eigenvalue weighted by atomic mass is 32.1. The van der Waals surface area contributed by atoms with Crippen molar-refractivity contribution in [3.05, 3.63) is 34.7 Å². The minimum absolute atomic E-state index is 0.100. The number of aromatic carboxylic acids is 1. The lowest BCUT2D eigenvalue weighted by Gasteiger charge is -2.43. The highest BCUT2D eigenvalue weighted by Crippen LogP contribution is 2.36. The van der Waals surface area contributed by atoms with Crippen molar-refractivity contribution < 1.29 is 19.4 Å². The number of morpholine rings is 1. The normalized spacial score (nSPS) is 25.4. The zero-order chi connectivity index (χ0) is 15.9. The Hall–Kier alpha value is -1.47. The maximum Gasteiger partial charge on any atom is 0.346 e. The Morgan fingerprint density at radius 3 is 2.83 bits per heavy atom. The lowest BCUT2D eigenvalue weighted by atomic mass is 9.94. The van der Waals surface area contributed by atoms with Crippen LogP contribution < -0.4 is 0 Å². The zero-order valence-electron chi connectivity index (χ0n) is 12.8. The third kappa shape index (κ3) is 2.55. The van der Waals surface area contributed by atoms with Gasteiger partial charge in [0, 0.05) is 24.4 Å². The van der Waals surface area contributed by atoms with Crippen LogP contribution in [0.2, 0.25) is 0 Å². The molecule has 122 valence electrons. The highest BCUT2D eigenvalue weighted by molar-refractivity contribution is 7.21. The minimum atomic E-state index is -0.841. The predicted molar refractivity (Wildman–Crippen MR) is 88.2 cm³/mol. The number of ether oxygens (including phenoxy) is 2. The first kappa shape index (κ1) is 15.1. The molecule has 4 rings (SSSR count). The molecule has 1 aromatic carbocycles. The lowest BCUT2D eigenvalue weighted by molar-refractivity contribution is -0.0748. The molecule has 6 heteroatoms. The summed E-state index contributed by atoms with van der Waals surface area (Å²) in [5, 5.41) is 10.6. The van der Waals surface area contributed by atoms with E-state index in [1.165, 1.54) is 11.3 Å². The minimum Gasteiger partial charge on any atom is -0.477 e. The summed E-state index contributed by atoms with van der Waals surface area (Å²) in [7, 11) is 0. The van der Waals surface area contributed by atoms with Gasteiger partial charge in [0.25, 0.3) is 0 Å². The second-order valence-corrected chi connectivity index (χ2v) is 7.26. The van der Waals surface area contributed by atoms with Crippen molar-refractivity contribution in [2.45, 2.75) is 18.5 Å². The summed E-state index contributed by atoms with van der Waals surface area (Å²) in [4.78, 5) is 14.5. The van der Waals surface area contributed by atoms with Crippen molar-refractivity contribution in [3.63, 3.8) is 0 Å². The third-order valence-corrected chi connectivity index (χ3v) is 6.07. The standard InChI is InChI=1S/C17H19NO4S/c19-16(20)15-13(12-3-1-2-4-14(12)23-15)9-18-6-8-22-11-17(18)5-7-21-10-17/h1-4H,5-11H2,(H,19,20)/t17-/m0/s1. The average Bonchev–Trinajstić information content (AvgIpc) is 3.16. The van der Waals surface area contributed by atoms with Crippen molar-refractivity contribution in [1.29, 1.82) is 0 Å². The Morgan fingerprint density at radius 1 is 1.26 bits per heavy atom. The number of rotatable bonds is 3. The van der Waals surface area contributed by atoms with E-state index in [9.17, 15) is 9.90 Å². The molecule has 0 radical (unpaired) electrons. The van der Waals surface area contributed by atoms with E-state index in [0.29, 0.717) is 31.2 Å². The van der Waals surface area contributed by atoms with Crippen LogP contribution in [0, 0.1) is 0 Å². The maximum atomic E-state index is 11.7. The fraction of sp³-hybridized carbons (Fsp3) is 0.471. The molecule has 2 saturated heterocycles. The molecule has 2 fully saturated rings. The SMILES string of the molecule is O=C(O)c1sc2ccccc2c1CN1CCOC[C@@]12CCOC2. The molecule has 23 heavy (non-hydrogen) atoms. The van der Waals surface area contributed by atoms with Crippen molar-refractivity contribution in [3.8, 4) is 0 Å². The van der Waals surface area contributed by atoms with Crippen LogP contribution in [0.25, 0.3) is 10.1 Å². The van der Waals surface area contributed by atoms with E-state index in [1.54, 1.807) is 0 Å². The lowest BCUT2D eigenvalue weighted by Crippen LogP contribution is -2.57. The molecule has 0 amide bonds. The molecule has 1 spiro atoms. The number of benzene rings is 1. The molecular weight excluding hydrogens is 314 g/mol. The molecule has 0 bridgehead atoms. The summed E-state index contributed by atoms with van der Waals surface area (Å²) in [6.45, 7) is 4.21. The summed E-state index contributed by atoms with van der Waals surface area (Å²) >= 11 is 1.36. The van der Waals surface area contributed by atoms with Crippen LogP contribution in [0.4, 0.5) is 0 Å².